The van der Waals surface area contributed by atoms with Crippen molar-refractivity contribution in [3.05, 3.63) is 69.5 Å². The molecular formula is C23H27Cl2FN2O2. The zero-order chi connectivity index (χ0) is 22.3. The zero-order valence-corrected chi connectivity index (χ0v) is 18.9. The molecule has 1 N–H and O–H groups in total. The van der Waals surface area contributed by atoms with Gasteiger partial charge in [0.05, 0.1) is 16.5 Å². The number of halogens is 3. The van der Waals surface area contributed by atoms with E-state index in [1.54, 1.807) is 35.2 Å². The second kappa shape index (κ2) is 11.3. The molecule has 2 aromatic rings. The fraction of sp³-hybridized carbons (Fsp3) is 0.391. The van der Waals surface area contributed by atoms with E-state index in [9.17, 15) is 14.0 Å². The number of carbonyl (C=O) groups is 2. The molecule has 0 radical (unpaired) electrons. The summed E-state index contributed by atoms with van der Waals surface area (Å²) in [7, 11) is 0. The van der Waals surface area contributed by atoms with E-state index < -0.39 is 6.04 Å². The first-order valence-corrected chi connectivity index (χ1v) is 10.7. The van der Waals surface area contributed by atoms with Crippen molar-refractivity contribution < 1.29 is 14.0 Å². The summed E-state index contributed by atoms with van der Waals surface area (Å²) in [4.78, 5) is 27.6. The lowest BCUT2D eigenvalue weighted by atomic mass is 10.1. The van der Waals surface area contributed by atoms with Gasteiger partial charge in [-0.3, -0.25) is 9.59 Å². The lowest BCUT2D eigenvalue weighted by Crippen LogP contribution is -2.50. The summed E-state index contributed by atoms with van der Waals surface area (Å²) in [5.41, 5.74) is 1.45. The third-order valence-corrected chi connectivity index (χ3v) is 5.42. The minimum Gasteiger partial charge on any atom is -0.354 e. The molecule has 0 saturated heterocycles. The van der Waals surface area contributed by atoms with Gasteiger partial charge in [-0.2, -0.15) is 0 Å². The van der Waals surface area contributed by atoms with Gasteiger partial charge in [-0.15, -0.1) is 0 Å². The highest BCUT2D eigenvalue weighted by Crippen LogP contribution is 2.23. The van der Waals surface area contributed by atoms with Crippen molar-refractivity contribution >= 4 is 35.0 Å². The molecule has 0 aromatic heterocycles. The highest BCUT2D eigenvalue weighted by Gasteiger charge is 2.28. The highest BCUT2D eigenvalue weighted by molar-refractivity contribution is 6.42. The van der Waals surface area contributed by atoms with Crippen molar-refractivity contribution in [3.8, 4) is 0 Å². The van der Waals surface area contributed by atoms with Crippen LogP contribution in [0.1, 0.15) is 38.3 Å². The molecule has 0 unspecified atom stereocenters. The summed E-state index contributed by atoms with van der Waals surface area (Å²) in [6, 6.07) is 10.3. The maximum absolute atomic E-state index is 13.3. The molecule has 0 bridgehead atoms. The van der Waals surface area contributed by atoms with Crippen LogP contribution in [-0.2, 0) is 22.6 Å². The summed E-state index contributed by atoms with van der Waals surface area (Å²) in [6.45, 7) is 6.61. The number of carbonyl (C=O) groups excluding carboxylic acids is 2. The van der Waals surface area contributed by atoms with Crippen molar-refractivity contribution in [2.24, 2.45) is 5.92 Å². The molecule has 0 aliphatic rings. The van der Waals surface area contributed by atoms with Gasteiger partial charge >= 0.3 is 0 Å². The molecular weight excluding hydrogens is 426 g/mol. The van der Waals surface area contributed by atoms with Crippen LogP contribution in [0.2, 0.25) is 10.0 Å². The number of nitrogens with zero attached hydrogens (tertiary/aromatic N) is 1. The summed E-state index contributed by atoms with van der Waals surface area (Å²) in [6.07, 6.45) is 0.532. The molecule has 1 atom stereocenters. The zero-order valence-electron chi connectivity index (χ0n) is 17.4. The number of hydrogen-bond acceptors (Lipinski definition) is 2. The monoisotopic (exact) mass is 452 g/mol. The van der Waals surface area contributed by atoms with E-state index in [1.165, 1.54) is 12.1 Å². The molecule has 4 nitrogen and oxygen atoms in total. The van der Waals surface area contributed by atoms with E-state index in [1.807, 2.05) is 20.8 Å². The van der Waals surface area contributed by atoms with Crippen LogP contribution in [0.3, 0.4) is 0 Å². The Morgan fingerprint density at radius 2 is 1.67 bits per heavy atom. The SMILES string of the molecule is CC[C@H](C(=O)NCC(C)C)N(Cc1ccc(F)cc1)C(=O)Cc1ccc(Cl)c(Cl)c1. The van der Waals surface area contributed by atoms with Crippen LogP contribution in [0.25, 0.3) is 0 Å². The van der Waals surface area contributed by atoms with Gasteiger partial charge in [-0.1, -0.05) is 62.2 Å². The van der Waals surface area contributed by atoms with Crippen LogP contribution < -0.4 is 5.32 Å². The lowest BCUT2D eigenvalue weighted by Gasteiger charge is -2.31. The second-order valence-corrected chi connectivity index (χ2v) is 8.45. The van der Waals surface area contributed by atoms with Gasteiger partial charge in [0.15, 0.2) is 0 Å². The second-order valence-electron chi connectivity index (χ2n) is 7.64. The highest BCUT2D eigenvalue weighted by atomic mass is 35.5. The lowest BCUT2D eigenvalue weighted by molar-refractivity contribution is -0.141. The Morgan fingerprint density at radius 3 is 2.23 bits per heavy atom. The summed E-state index contributed by atoms with van der Waals surface area (Å²) in [5.74, 6) is -0.474. The van der Waals surface area contributed by atoms with Crippen LogP contribution in [0, 0.1) is 11.7 Å². The molecule has 2 aromatic carbocycles. The fourth-order valence-electron chi connectivity index (χ4n) is 3.05. The van der Waals surface area contributed by atoms with E-state index in [0.717, 1.165) is 5.56 Å². The molecule has 0 spiro atoms. The normalized spacial score (nSPS) is 12.0. The average molecular weight is 453 g/mol. The first-order valence-electron chi connectivity index (χ1n) is 9.96. The number of nitrogens with one attached hydrogen (secondary N) is 1. The number of rotatable bonds is 9. The predicted molar refractivity (Wildman–Crippen MR) is 119 cm³/mol. The summed E-state index contributed by atoms with van der Waals surface area (Å²) < 4.78 is 13.3. The van der Waals surface area contributed by atoms with Gasteiger partial charge in [-0.25, -0.2) is 4.39 Å². The van der Waals surface area contributed by atoms with Gasteiger partial charge in [-0.05, 0) is 47.7 Å². The standard InChI is InChI=1S/C23H27Cl2FN2O2/c1-4-21(23(30)27-13-15(2)3)28(14-16-5-8-18(26)9-6-16)22(29)12-17-7-10-19(24)20(25)11-17/h5-11,15,21H,4,12-14H2,1-3H3,(H,27,30)/t21-/m1/s1. The number of amides is 2. The summed E-state index contributed by atoms with van der Waals surface area (Å²) >= 11 is 12.0. The summed E-state index contributed by atoms with van der Waals surface area (Å²) in [5, 5.41) is 3.69. The smallest absolute Gasteiger partial charge is 0.242 e. The van der Waals surface area contributed by atoms with Crippen LogP contribution in [0.5, 0.6) is 0 Å². The van der Waals surface area contributed by atoms with Crippen molar-refractivity contribution in [2.45, 2.75) is 46.2 Å². The molecule has 0 aliphatic heterocycles. The van der Waals surface area contributed by atoms with Crippen molar-refractivity contribution in [1.82, 2.24) is 10.2 Å². The Kier molecular flexibility index (Phi) is 9.12. The number of benzene rings is 2. The molecule has 0 fully saturated rings. The minimum atomic E-state index is -0.635. The van der Waals surface area contributed by atoms with E-state index in [-0.39, 0.29) is 30.6 Å². The minimum absolute atomic E-state index is 0.0754. The molecule has 0 saturated carbocycles. The Morgan fingerprint density at radius 1 is 1.03 bits per heavy atom. The third-order valence-electron chi connectivity index (χ3n) is 4.68. The molecule has 2 rings (SSSR count). The molecule has 162 valence electrons. The number of hydrogen-bond donors (Lipinski definition) is 1. The Bertz CT molecular complexity index is 872. The van der Waals surface area contributed by atoms with Crippen molar-refractivity contribution in [2.75, 3.05) is 6.54 Å². The molecule has 30 heavy (non-hydrogen) atoms. The van der Waals surface area contributed by atoms with E-state index in [2.05, 4.69) is 5.32 Å². The molecule has 0 heterocycles. The van der Waals surface area contributed by atoms with Gasteiger partial charge in [0, 0.05) is 13.1 Å². The first-order chi connectivity index (χ1) is 14.2. The van der Waals surface area contributed by atoms with Gasteiger partial charge in [0.1, 0.15) is 11.9 Å². The van der Waals surface area contributed by atoms with Crippen LogP contribution in [0.4, 0.5) is 4.39 Å². The molecule has 0 aliphatic carbocycles. The molecule has 2 amide bonds. The van der Waals surface area contributed by atoms with E-state index in [4.69, 9.17) is 23.2 Å². The largest absolute Gasteiger partial charge is 0.354 e. The first kappa shape index (κ1) is 24.2. The Hall–Kier alpha value is -2.11. The van der Waals surface area contributed by atoms with Crippen molar-refractivity contribution in [1.29, 1.82) is 0 Å². The topological polar surface area (TPSA) is 49.4 Å². The van der Waals surface area contributed by atoms with Gasteiger partial charge in [0.2, 0.25) is 11.8 Å². The Labute approximate surface area is 187 Å². The van der Waals surface area contributed by atoms with E-state index in [0.29, 0.717) is 34.5 Å². The third kappa shape index (κ3) is 6.99. The maximum Gasteiger partial charge on any atom is 0.242 e. The molecule has 7 heteroatoms. The van der Waals surface area contributed by atoms with Crippen molar-refractivity contribution in [3.63, 3.8) is 0 Å². The fourth-order valence-corrected chi connectivity index (χ4v) is 3.37. The van der Waals surface area contributed by atoms with Crippen LogP contribution in [-0.4, -0.2) is 29.3 Å². The van der Waals surface area contributed by atoms with Gasteiger partial charge < -0.3 is 10.2 Å². The average Bonchev–Trinajstić information content (AvgIpc) is 2.70. The predicted octanol–water partition coefficient (Wildman–Crippen LogP) is 5.25. The maximum atomic E-state index is 13.3. The van der Waals surface area contributed by atoms with Crippen LogP contribution >= 0.6 is 23.2 Å². The van der Waals surface area contributed by atoms with E-state index >= 15 is 0 Å². The van der Waals surface area contributed by atoms with Gasteiger partial charge in [0.25, 0.3) is 0 Å². The van der Waals surface area contributed by atoms with Crippen LogP contribution in [0.15, 0.2) is 42.5 Å². The quantitative estimate of drug-likeness (QED) is 0.564. The Balaban J connectivity index is 2.27.